The van der Waals surface area contributed by atoms with E-state index >= 15 is 0 Å². The minimum absolute atomic E-state index is 0.362. The number of methoxy groups -OCH3 is 1. The van der Waals surface area contributed by atoms with E-state index in [1.165, 1.54) is 29.5 Å². The van der Waals surface area contributed by atoms with Gasteiger partial charge in [-0.05, 0) is 81.8 Å². The summed E-state index contributed by atoms with van der Waals surface area (Å²) in [6.45, 7) is 8.51. The summed E-state index contributed by atoms with van der Waals surface area (Å²) in [6.07, 6.45) is 4.27. The van der Waals surface area contributed by atoms with Crippen molar-refractivity contribution in [3.05, 3.63) is 28.8 Å². The third-order valence-corrected chi connectivity index (χ3v) is 7.37. The Balaban J connectivity index is 1.56. The first-order chi connectivity index (χ1) is 13.9. The standard InChI is InChI=1S/C24H37N3O2/c1-16-10-23(29-5)17(2)9-18(16)12-26-13-19-11-20(14-26)22(15-25(3)4)27-21(19)7-6-8-24(27)28/h9-10,19-22H,6-8,11-15H2,1-5H3/t19-,20+,21+,22+/m1/s1. The highest BCUT2D eigenvalue weighted by Crippen LogP contribution is 2.42. The summed E-state index contributed by atoms with van der Waals surface area (Å²) in [7, 11) is 6.02. The number of carbonyl (C=O) groups excluding carboxylic acids is 1. The van der Waals surface area contributed by atoms with Crippen molar-refractivity contribution in [3.8, 4) is 5.75 Å². The molecule has 0 aliphatic carbocycles. The van der Waals surface area contributed by atoms with Crippen molar-refractivity contribution < 1.29 is 9.53 Å². The van der Waals surface area contributed by atoms with E-state index in [-0.39, 0.29) is 0 Å². The summed E-state index contributed by atoms with van der Waals surface area (Å²) in [4.78, 5) is 20.1. The molecule has 5 heteroatoms. The van der Waals surface area contributed by atoms with E-state index in [1.807, 2.05) is 0 Å². The molecule has 4 rings (SSSR count). The van der Waals surface area contributed by atoms with Crippen molar-refractivity contribution in [1.82, 2.24) is 14.7 Å². The second-order valence-corrected chi connectivity index (χ2v) is 9.79. The molecule has 3 saturated heterocycles. The number of nitrogens with zero attached hydrogens (tertiary/aromatic N) is 3. The van der Waals surface area contributed by atoms with Gasteiger partial charge in [-0.1, -0.05) is 6.07 Å². The predicted octanol–water partition coefficient (Wildman–Crippen LogP) is 3.08. The maximum atomic E-state index is 12.8. The first-order valence-corrected chi connectivity index (χ1v) is 11.2. The van der Waals surface area contributed by atoms with Gasteiger partial charge in [0.15, 0.2) is 0 Å². The van der Waals surface area contributed by atoms with E-state index in [0.717, 1.165) is 44.8 Å². The van der Waals surface area contributed by atoms with Crippen LogP contribution in [0.5, 0.6) is 5.75 Å². The Morgan fingerprint density at radius 2 is 1.90 bits per heavy atom. The SMILES string of the molecule is COc1cc(C)c(CN2C[C@H]3C[C@@H](C2)[C@H](CN(C)C)N2C(=O)CCC[C@@H]32)cc1C. The molecule has 3 fully saturated rings. The van der Waals surface area contributed by atoms with Gasteiger partial charge >= 0.3 is 0 Å². The highest BCUT2D eigenvalue weighted by Gasteiger charge is 2.49. The Morgan fingerprint density at radius 1 is 1.14 bits per heavy atom. The lowest BCUT2D eigenvalue weighted by molar-refractivity contribution is -0.153. The summed E-state index contributed by atoms with van der Waals surface area (Å²) in [5.74, 6) is 2.58. The zero-order valence-electron chi connectivity index (χ0n) is 18.8. The number of ether oxygens (including phenoxy) is 1. The van der Waals surface area contributed by atoms with Crippen LogP contribution in [-0.2, 0) is 11.3 Å². The average Bonchev–Trinajstić information content (AvgIpc) is 2.67. The number of likely N-dealkylation sites (N-methyl/N-ethyl adjacent to an activating group) is 1. The van der Waals surface area contributed by atoms with Gasteiger partial charge in [-0.25, -0.2) is 0 Å². The highest BCUT2D eigenvalue weighted by atomic mass is 16.5. The second-order valence-electron chi connectivity index (χ2n) is 9.79. The Morgan fingerprint density at radius 3 is 2.62 bits per heavy atom. The average molecular weight is 400 g/mol. The number of benzene rings is 1. The molecule has 0 radical (unpaired) electrons. The Labute approximate surface area is 176 Å². The lowest BCUT2D eigenvalue weighted by Gasteiger charge is -2.57. The van der Waals surface area contributed by atoms with Crippen molar-refractivity contribution in [3.63, 3.8) is 0 Å². The van der Waals surface area contributed by atoms with Crippen molar-refractivity contribution >= 4 is 5.91 Å². The maximum absolute atomic E-state index is 12.8. The summed E-state index contributed by atoms with van der Waals surface area (Å²) >= 11 is 0. The minimum atomic E-state index is 0.362. The van der Waals surface area contributed by atoms with E-state index < -0.39 is 0 Å². The van der Waals surface area contributed by atoms with Gasteiger partial charge in [-0.15, -0.1) is 0 Å². The smallest absolute Gasteiger partial charge is 0.223 e. The molecule has 29 heavy (non-hydrogen) atoms. The molecule has 0 N–H and O–H groups in total. The molecular formula is C24H37N3O2. The largest absolute Gasteiger partial charge is 0.496 e. The molecule has 0 saturated carbocycles. The topological polar surface area (TPSA) is 36.0 Å². The van der Waals surface area contributed by atoms with Gasteiger partial charge in [0.2, 0.25) is 5.91 Å². The summed E-state index contributed by atoms with van der Waals surface area (Å²) in [5.41, 5.74) is 3.92. The number of hydrogen-bond acceptors (Lipinski definition) is 4. The molecule has 1 aromatic carbocycles. The number of amides is 1. The molecule has 3 aliphatic rings. The molecule has 0 unspecified atom stereocenters. The van der Waals surface area contributed by atoms with E-state index in [9.17, 15) is 4.79 Å². The first kappa shape index (κ1) is 20.7. The molecule has 0 spiro atoms. The quantitative estimate of drug-likeness (QED) is 0.762. The highest BCUT2D eigenvalue weighted by molar-refractivity contribution is 5.78. The van der Waals surface area contributed by atoms with Crippen LogP contribution in [0.2, 0.25) is 0 Å². The Hall–Kier alpha value is -1.59. The number of hydrogen-bond donors (Lipinski definition) is 0. The summed E-state index contributed by atoms with van der Waals surface area (Å²) in [6, 6.07) is 5.28. The zero-order valence-corrected chi connectivity index (χ0v) is 18.8. The van der Waals surface area contributed by atoms with Gasteiger partial charge in [0.1, 0.15) is 5.75 Å². The van der Waals surface area contributed by atoms with Crippen LogP contribution in [0.3, 0.4) is 0 Å². The van der Waals surface area contributed by atoms with E-state index in [1.54, 1.807) is 7.11 Å². The van der Waals surface area contributed by atoms with Gasteiger partial charge in [-0.3, -0.25) is 9.69 Å². The van der Waals surface area contributed by atoms with Crippen LogP contribution in [-0.4, -0.2) is 73.5 Å². The molecule has 3 heterocycles. The molecular weight excluding hydrogens is 362 g/mol. The number of carbonyl (C=O) groups is 1. The number of rotatable bonds is 5. The second kappa shape index (κ2) is 8.27. The maximum Gasteiger partial charge on any atom is 0.223 e. The van der Waals surface area contributed by atoms with Crippen LogP contribution in [0, 0.1) is 25.7 Å². The number of aryl methyl sites for hydroxylation is 2. The van der Waals surface area contributed by atoms with Crippen LogP contribution in [0.4, 0.5) is 0 Å². The van der Waals surface area contributed by atoms with Crippen molar-refractivity contribution in [2.24, 2.45) is 11.8 Å². The van der Waals surface area contributed by atoms with Crippen LogP contribution >= 0.6 is 0 Å². The third kappa shape index (κ3) is 4.04. The summed E-state index contributed by atoms with van der Waals surface area (Å²) in [5, 5.41) is 0. The van der Waals surface area contributed by atoms with E-state index in [4.69, 9.17) is 4.74 Å². The lowest BCUT2D eigenvalue weighted by Crippen LogP contribution is -2.66. The molecule has 3 aliphatic heterocycles. The van der Waals surface area contributed by atoms with Gasteiger partial charge in [0.05, 0.1) is 7.11 Å². The Bertz CT molecular complexity index is 763. The molecule has 0 aromatic heterocycles. The lowest BCUT2D eigenvalue weighted by atomic mass is 9.72. The normalized spacial score (nSPS) is 29.9. The fourth-order valence-corrected chi connectivity index (χ4v) is 6.09. The first-order valence-electron chi connectivity index (χ1n) is 11.2. The minimum Gasteiger partial charge on any atom is -0.496 e. The van der Waals surface area contributed by atoms with Crippen LogP contribution in [0.1, 0.15) is 42.4 Å². The van der Waals surface area contributed by atoms with Gasteiger partial charge < -0.3 is 14.5 Å². The number of fused-ring (bicyclic) bond motifs is 4. The van der Waals surface area contributed by atoms with Crippen molar-refractivity contribution in [2.75, 3.05) is 40.8 Å². The van der Waals surface area contributed by atoms with Crippen molar-refractivity contribution in [1.29, 1.82) is 0 Å². The fourth-order valence-electron chi connectivity index (χ4n) is 6.09. The van der Waals surface area contributed by atoms with Crippen LogP contribution in [0.25, 0.3) is 0 Å². The predicted molar refractivity (Wildman–Crippen MR) is 116 cm³/mol. The van der Waals surface area contributed by atoms with E-state index in [2.05, 4.69) is 54.8 Å². The molecule has 2 bridgehead atoms. The third-order valence-electron chi connectivity index (χ3n) is 7.37. The molecule has 160 valence electrons. The van der Waals surface area contributed by atoms with Crippen molar-refractivity contribution in [2.45, 2.75) is 58.2 Å². The van der Waals surface area contributed by atoms with Gasteiger partial charge in [-0.2, -0.15) is 0 Å². The van der Waals surface area contributed by atoms with E-state index in [0.29, 0.717) is 29.8 Å². The summed E-state index contributed by atoms with van der Waals surface area (Å²) < 4.78 is 5.50. The van der Waals surface area contributed by atoms with Gasteiger partial charge in [0.25, 0.3) is 0 Å². The molecule has 1 amide bonds. The zero-order chi connectivity index (χ0) is 20.7. The number of likely N-dealkylation sites (tertiary alicyclic amines) is 1. The molecule has 1 aromatic rings. The van der Waals surface area contributed by atoms with Crippen LogP contribution < -0.4 is 4.74 Å². The van der Waals surface area contributed by atoms with Crippen LogP contribution in [0.15, 0.2) is 12.1 Å². The molecule has 4 atom stereocenters. The number of piperidine rings is 3. The fraction of sp³-hybridized carbons (Fsp3) is 0.708. The Kier molecular flexibility index (Phi) is 5.90. The molecule has 5 nitrogen and oxygen atoms in total. The monoisotopic (exact) mass is 399 g/mol. The van der Waals surface area contributed by atoms with Gasteiger partial charge in [0, 0.05) is 44.7 Å².